The molecule has 0 aliphatic carbocycles. The van der Waals surface area contributed by atoms with E-state index in [9.17, 15) is 18.0 Å². The van der Waals surface area contributed by atoms with Crippen LogP contribution in [0.25, 0.3) is 10.1 Å². The Morgan fingerprint density at radius 3 is 2.71 bits per heavy atom. The van der Waals surface area contributed by atoms with Crippen LogP contribution in [0.15, 0.2) is 47.4 Å². The largest absolute Gasteiger partial charge is 0.492 e. The predicted octanol–water partition coefficient (Wildman–Crippen LogP) is 4.78. The quantitative estimate of drug-likeness (QED) is 0.436. The van der Waals surface area contributed by atoms with Crippen molar-refractivity contribution in [2.24, 2.45) is 5.92 Å². The zero-order valence-electron chi connectivity index (χ0n) is 19.2. The number of hydrogen-bond donors (Lipinski definition) is 1. The summed E-state index contributed by atoms with van der Waals surface area (Å²) in [4.78, 5) is 25.3. The summed E-state index contributed by atoms with van der Waals surface area (Å²) in [5.74, 6) is -0.739. The number of rotatable bonds is 7. The molecule has 1 atom stereocenters. The SMILES string of the molecule is CCOc1ccc(S(=O)(=O)N2CCC[C@@H](C(=O)Nc3ccc4sc(C(=O)OC)cc4c3)C2)cc1Cl. The predicted molar refractivity (Wildman–Crippen MR) is 136 cm³/mol. The number of halogens is 1. The van der Waals surface area contributed by atoms with E-state index in [0.717, 1.165) is 10.1 Å². The summed E-state index contributed by atoms with van der Waals surface area (Å²) in [6.07, 6.45) is 1.14. The van der Waals surface area contributed by atoms with Crippen molar-refractivity contribution >= 4 is 60.6 Å². The Kier molecular flexibility index (Phi) is 7.65. The summed E-state index contributed by atoms with van der Waals surface area (Å²) in [5, 5.41) is 3.92. The Bertz CT molecular complexity index is 1370. The zero-order valence-corrected chi connectivity index (χ0v) is 21.6. The van der Waals surface area contributed by atoms with Crippen molar-refractivity contribution in [2.45, 2.75) is 24.7 Å². The average Bonchev–Trinajstić information content (AvgIpc) is 3.28. The molecule has 3 aromatic rings. The molecule has 11 heteroatoms. The van der Waals surface area contributed by atoms with E-state index in [1.807, 2.05) is 13.0 Å². The summed E-state index contributed by atoms with van der Waals surface area (Å²) < 4.78 is 38.8. The summed E-state index contributed by atoms with van der Waals surface area (Å²) >= 11 is 7.51. The first kappa shape index (κ1) is 25.4. The molecule has 1 aliphatic rings. The molecule has 1 N–H and O–H groups in total. The number of ether oxygens (including phenoxy) is 2. The topological polar surface area (TPSA) is 102 Å². The monoisotopic (exact) mass is 536 g/mol. The molecular formula is C24H25ClN2O6S2. The van der Waals surface area contributed by atoms with Crippen molar-refractivity contribution in [2.75, 3.05) is 32.1 Å². The van der Waals surface area contributed by atoms with Gasteiger partial charge in [-0.2, -0.15) is 4.31 Å². The standard InChI is InChI=1S/C24H25ClN2O6S2/c1-3-33-20-8-7-18(13-19(20)25)35(30,31)27-10-4-5-15(14-27)23(28)26-17-6-9-21-16(11-17)12-22(34-21)24(29)32-2/h6-9,11-13,15H,3-5,10,14H2,1-2H3,(H,26,28)/t15-/m1/s1. The molecule has 8 nitrogen and oxygen atoms in total. The number of carbonyl (C=O) groups is 2. The number of thiophene rings is 1. The molecular weight excluding hydrogens is 512 g/mol. The van der Waals surface area contributed by atoms with Crippen molar-refractivity contribution in [1.82, 2.24) is 4.31 Å². The lowest BCUT2D eigenvalue weighted by atomic mass is 9.98. The minimum absolute atomic E-state index is 0.0660. The van der Waals surface area contributed by atoms with Gasteiger partial charge in [0.15, 0.2) is 0 Å². The van der Waals surface area contributed by atoms with E-state index in [1.54, 1.807) is 24.3 Å². The molecule has 186 valence electrons. The third-order valence-corrected chi connectivity index (χ3v) is 9.02. The lowest BCUT2D eigenvalue weighted by molar-refractivity contribution is -0.120. The van der Waals surface area contributed by atoms with Gasteiger partial charge in [0.25, 0.3) is 0 Å². The van der Waals surface area contributed by atoms with Gasteiger partial charge in [0.05, 0.1) is 29.6 Å². The molecule has 0 saturated carbocycles. The maximum Gasteiger partial charge on any atom is 0.348 e. The second-order valence-corrected chi connectivity index (χ2v) is 11.5. The van der Waals surface area contributed by atoms with Crippen LogP contribution in [0, 0.1) is 5.92 Å². The van der Waals surface area contributed by atoms with E-state index < -0.39 is 21.9 Å². The summed E-state index contributed by atoms with van der Waals surface area (Å²) in [6, 6.07) is 11.5. The van der Waals surface area contributed by atoms with Crippen LogP contribution in [-0.4, -0.2) is 51.4 Å². The van der Waals surface area contributed by atoms with E-state index in [4.69, 9.17) is 21.1 Å². The summed E-state index contributed by atoms with van der Waals surface area (Å²) in [6.45, 7) is 2.64. The molecule has 1 aliphatic heterocycles. The first-order chi connectivity index (χ1) is 16.7. The highest BCUT2D eigenvalue weighted by Crippen LogP contribution is 2.32. The molecule has 2 aromatic carbocycles. The lowest BCUT2D eigenvalue weighted by Crippen LogP contribution is -2.43. The highest BCUT2D eigenvalue weighted by molar-refractivity contribution is 7.89. The fourth-order valence-electron chi connectivity index (χ4n) is 4.01. The van der Waals surface area contributed by atoms with E-state index in [-0.39, 0.29) is 22.4 Å². The van der Waals surface area contributed by atoms with E-state index >= 15 is 0 Å². The number of amides is 1. The second-order valence-electron chi connectivity index (χ2n) is 8.07. The van der Waals surface area contributed by atoms with Gasteiger partial charge in [0.2, 0.25) is 15.9 Å². The van der Waals surface area contributed by atoms with Crippen molar-refractivity contribution < 1.29 is 27.5 Å². The van der Waals surface area contributed by atoms with Gasteiger partial charge >= 0.3 is 5.97 Å². The molecule has 1 fully saturated rings. The first-order valence-electron chi connectivity index (χ1n) is 11.1. The number of hydrogen-bond acceptors (Lipinski definition) is 7. The summed E-state index contributed by atoms with van der Waals surface area (Å²) in [7, 11) is -2.49. The van der Waals surface area contributed by atoms with Crippen molar-refractivity contribution in [3.8, 4) is 5.75 Å². The van der Waals surface area contributed by atoms with Crippen LogP contribution in [-0.2, 0) is 19.6 Å². The summed E-state index contributed by atoms with van der Waals surface area (Å²) in [5.41, 5.74) is 0.579. The Labute approximate surface area is 212 Å². The fourth-order valence-corrected chi connectivity index (χ4v) is 6.82. The molecule has 1 saturated heterocycles. The molecule has 0 unspecified atom stereocenters. The minimum Gasteiger partial charge on any atom is -0.492 e. The number of nitrogens with zero attached hydrogens (tertiary/aromatic N) is 1. The zero-order chi connectivity index (χ0) is 25.2. The molecule has 2 heterocycles. The third kappa shape index (κ3) is 5.45. The third-order valence-electron chi connectivity index (χ3n) is 5.77. The Hall–Kier alpha value is -2.66. The lowest BCUT2D eigenvalue weighted by Gasteiger charge is -2.31. The molecule has 0 bridgehead atoms. The number of nitrogens with one attached hydrogen (secondary N) is 1. The van der Waals surface area contributed by atoms with Gasteiger partial charge in [-0.25, -0.2) is 13.2 Å². The molecule has 0 radical (unpaired) electrons. The number of methoxy groups -OCH3 is 1. The van der Waals surface area contributed by atoms with Crippen molar-refractivity contribution in [1.29, 1.82) is 0 Å². The van der Waals surface area contributed by atoms with Crippen molar-refractivity contribution in [3.05, 3.63) is 52.4 Å². The highest BCUT2D eigenvalue weighted by Gasteiger charge is 2.33. The van der Waals surface area contributed by atoms with Crippen molar-refractivity contribution in [3.63, 3.8) is 0 Å². The first-order valence-corrected chi connectivity index (χ1v) is 13.7. The molecule has 1 aromatic heterocycles. The minimum atomic E-state index is -3.82. The molecule has 35 heavy (non-hydrogen) atoms. The Balaban J connectivity index is 1.47. The maximum absolute atomic E-state index is 13.2. The van der Waals surface area contributed by atoms with Gasteiger partial charge in [-0.15, -0.1) is 11.3 Å². The van der Waals surface area contributed by atoms with Crippen LogP contribution in [0.4, 0.5) is 5.69 Å². The molecule has 4 rings (SSSR count). The number of esters is 1. The van der Waals surface area contributed by atoms with Crippen LogP contribution >= 0.6 is 22.9 Å². The van der Waals surface area contributed by atoms with E-state index in [2.05, 4.69) is 5.32 Å². The smallest absolute Gasteiger partial charge is 0.348 e. The number of carbonyl (C=O) groups excluding carboxylic acids is 2. The molecule has 1 amide bonds. The number of piperidine rings is 1. The Morgan fingerprint density at radius 2 is 2.00 bits per heavy atom. The number of sulfonamides is 1. The second kappa shape index (κ2) is 10.5. The van der Waals surface area contributed by atoms with Gasteiger partial charge in [0.1, 0.15) is 10.6 Å². The number of anilines is 1. The average molecular weight is 537 g/mol. The van der Waals surface area contributed by atoms with Crippen LogP contribution in [0.1, 0.15) is 29.4 Å². The van der Waals surface area contributed by atoms with Gasteiger partial charge in [0, 0.05) is 23.5 Å². The van der Waals surface area contributed by atoms with E-state index in [0.29, 0.717) is 42.3 Å². The Morgan fingerprint density at radius 1 is 1.20 bits per heavy atom. The number of fused-ring (bicyclic) bond motifs is 1. The van der Waals surface area contributed by atoms with Gasteiger partial charge < -0.3 is 14.8 Å². The fraction of sp³-hybridized carbons (Fsp3) is 0.333. The van der Waals surface area contributed by atoms with Crippen LogP contribution in [0.5, 0.6) is 5.75 Å². The van der Waals surface area contributed by atoms with Gasteiger partial charge in [-0.3, -0.25) is 4.79 Å². The number of benzene rings is 2. The maximum atomic E-state index is 13.2. The van der Waals surface area contributed by atoms with Crippen LogP contribution < -0.4 is 10.1 Å². The normalized spacial score (nSPS) is 16.7. The van der Waals surface area contributed by atoms with Gasteiger partial charge in [-0.05, 0) is 67.6 Å². The highest BCUT2D eigenvalue weighted by atomic mass is 35.5. The van der Waals surface area contributed by atoms with Gasteiger partial charge in [-0.1, -0.05) is 11.6 Å². The van der Waals surface area contributed by atoms with E-state index in [1.165, 1.54) is 34.9 Å². The molecule has 0 spiro atoms. The van der Waals surface area contributed by atoms with Crippen LogP contribution in [0.2, 0.25) is 5.02 Å². The van der Waals surface area contributed by atoms with Crippen LogP contribution in [0.3, 0.4) is 0 Å².